The van der Waals surface area contributed by atoms with Crippen LogP contribution in [0.25, 0.3) is 0 Å². The summed E-state index contributed by atoms with van der Waals surface area (Å²) < 4.78 is 2.90. The van der Waals surface area contributed by atoms with E-state index in [-0.39, 0.29) is 11.8 Å². The second-order valence-electron chi connectivity index (χ2n) is 3.53. The van der Waals surface area contributed by atoms with Gasteiger partial charge in [-0.25, -0.2) is 0 Å². The molecular formula is C11H19NOS. The minimum absolute atomic E-state index is 0.205. The summed E-state index contributed by atoms with van der Waals surface area (Å²) in [5, 5.41) is 0.704. The summed E-state index contributed by atoms with van der Waals surface area (Å²) in [5.74, 6) is 0.885. The highest BCUT2D eigenvalue weighted by Gasteiger charge is 2.41. The Morgan fingerprint density at radius 1 is 1.50 bits per heavy atom. The Labute approximate surface area is 90.7 Å². The quantitative estimate of drug-likeness (QED) is 0.574. The smallest absolute Gasteiger partial charge is 0.233 e. The van der Waals surface area contributed by atoms with Crippen LogP contribution in [0.15, 0.2) is 12.7 Å². The van der Waals surface area contributed by atoms with Crippen molar-refractivity contribution in [2.24, 2.45) is 11.8 Å². The summed E-state index contributed by atoms with van der Waals surface area (Å²) in [5.41, 5.74) is 0. The molecule has 2 atom stereocenters. The molecule has 0 saturated heterocycles. The molecule has 1 N–H and O–H groups in total. The lowest BCUT2D eigenvalue weighted by molar-refractivity contribution is -0.120. The van der Waals surface area contributed by atoms with Crippen LogP contribution in [0.4, 0.5) is 0 Å². The Hall–Kier alpha value is -0.440. The first-order valence-corrected chi connectivity index (χ1v) is 6.27. The lowest BCUT2D eigenvalue weighted by atomic mass is 10.3. The Morgan fingerprint density at radius 3 is 2.57 bits per heavy atom. The number of carbonyl (C=O) groups is 1. The molecule has 0 heterocycles. The number of hydrogen-bond donors (Lipinski definition) is 1. The van der Waals surface area contributed by atoms with Crippen molar-refractivity contribution < 1.29 is 4.79 Å². The third-order valence-electron chi connectivity index (χ3n) is 2.33. The van der Waals surface area contributed by atoms with E-state index in [0.717, 1.165) is 6.42 Å². The molecule has 3 heteroatoms. The van der Waals surface area contributed by atoms with Gasteiger partial charge in [-0.1, -0.05) is 19.9 Å². The van der Waals surface area contributed by atoms with Gasteiger partial charge in [0, 0.05) is 11.2 Å². The minimum Gasteiger partial charge on any atom is -0.300 e. The van der Waals surface area contributed by atoms with Crippen molar-refractivity contribution in [2.75, 3.05) is 0 Å². The molecule has 1 amide bonds. The molecule has 2 rings (SSSR count). The van der Waals surface area contributed by atoms with Crippen molar-refractivity contribution in [2.45, 2.75) is 38.4 Å². The molecule has 2 fully saturated rings. The summed E-state index contributed by atoms with van der Waals surface area (Å²) in [6.07, 6.45) is 5.41. The number of rotatable bonds is 4. The van der Waals surface area contributed by atoms with Gasteiger partial charge >= 0.3 is 0 Å². The van der Waals surface area contributed by atoms with E-state index < -0.39 is 0 Å². The number of hydrogen-bond acceptors (Lipinski definition) is 2. The summed E-state index contributed by atoms with van der Waals surface area (Å²) in [4.78, 5) is 11.3. The molecule has 2 nitrogen and oxygen atoms in total. The maximum absolute atomic E-state index is 11.3. The maximum Gasteiger partial charge on any atom is 0.233 e. The fourth-order valence-electron chi connectivity index (χ4n) is 1.18. The molecule has 2 unspecified atom stereocenters. The first-order valence-electron chi connectivity index (χ1n) is 5.39. The molecular weight excluding hydrogens is 194 g/mol. The third kappa shape index (κ3) is 3.37. The van der Waals surface area contributed by atoms with Crippen molar-refractivity contribution in [3.8, 4) is 0 Å². The molecule has 2 aliphatic rings. The van der Waals surface area contributed by atoms with Gasteiger partial charge in [-0.2, -0.15) is 0 Å². The zero-order valence-corrected chi connectivity index (χ0v) is 9.77. The SMILES string of the molecule is C=CC1CC1C(=O)NSC1CC1.CC. The number of nitrogens with one attached hydrogen (secondary N) is 1. The van der Waals surface area contributed by atoms with E-state index >= 15 is 0 Å². The van der Waals surface area contributed by atoms with Crippen LogP contribution in [0.3, 0.4) is 0 Å². The Bertz CT molecular complexity index is 213. The summed E-state index contributed by atoms with van der Waals surface area (Å²) >= 11 is 1.60. The van der Waals surface area contributed by atoms with E-state index in [4.69, 9.17) is 0 Å². The van der Waals surface area contributed by atoms with Crippen LogP contribution in [0.2, 0.25) is 0 Å². The summed E-state index contributed by atoms with van der Waals surface area (Å²) in [7, 11) is 0. The van der Waals surface area contributed by atoms with Gasteiger partial charge in [0.2, 0.25) is 5.91 Å². The Kier molecular flexibility index (Phi) is 4.52. The normalized spacial score (nSPS) is 28.4. The second kappa shape index (κ2) is 5.44. The lowest BCUT2D eigenvalue weighted by Gasteiger charge is -2.00. The molecule has 2 aliphatic carbocycles. The van der Waals surface area contributed by atoms with Gasteiger partial charge in [-0.15, -0.1) is 6.58 Å². The molecule has 80 valence electrons. The van der Waals surface area contributed by atoms with E-state index in [2.05, 4.69) is 11.3 Å². The van der Waals surface area contributed by atoms with E-state index in [1.807, 2.05) is 19.9 Å². The van der Waals surface area contributed by atoms with Gasteiger partial charge in [-0.05, 0) is 37.1 Å². The molecule has 0 radical (unpaired) electrons. The summed E-state index contributed by atoms with van der Waals surface area (Å²) in [6, 6.07) is 0. The minimum atomic E-state index is 0.205. The van der Waals surface area contributed by atoms with E-state index in [1.165, 1.54) is 12.8 Å². The fourth-order valence-corrected chi connectivity index (χ4v) is 1.99. The van der Waals surface area contributed by atoms with Crippen molar-refractivity contribution in [1.29, 1.82) is 0 Å². The lowest BCUT2D eigenvalue weighted by Crippen LogP contribution is -2.19. The van der Waals surface area contributed by atoms with Crippen LogP contribution in [0.1, 0.15) is 33.1 Å². The van der Waals surface area contributed by atoms with Gasteiger partial charge < -0.3 is 0 Å². The largest absolute Gasteiger partial charge is 0.300 e. The van der Waals surface area contributed by atoms with Gasteiger partial charge in [0.05, 0.1) is 0 Å². The van der Waals surface area contributed by atoms with Crippen LogP contribution in [-0.2, 0) is 4.79 Å². The highest BCUT2D eigenvalue weighted by molar-refractivity contribution is 7.98. The predicted octanol–water partition coefficient (Wildman–Crippen LogP) is 2.76. The molecule has 2 saturated carbocycles. The second-order valence-corrected chi connectivity index (χ2v) is 4.63. The first-order chi connectivity index (χ1) is 6.81. The van der Waals surface area contributed by atoms with Gasteiger partial charge in [0.25, 0.3) is 0 Å². The van der Waals surface area contributed by atoms with E-state index in [9.17, 15) is 4.79 Å². The number of carbonyl (C=O) groups excluding carboxylic acids is 1. The number of amides is 1. The highest BCUT2D eigenvalue weighted by atomic mass is 32.2. The molecule has 0 aromatic rings. The monoisotopic (exact) mass is 213 g/mol. The number of allylic oxidation sites excluding steroid dienone is 1. The molecule has 0 aromatic carbocycles. The van der Waals surface area contributed by atoms with Crippen molar-refractivity contribution >= 4 is 17.9 Å². The average molecular weight is 213 g/mol. The zero-order chi connectivity index (χ0) is 10.6. The zero-order valence-electron chi connectivity index (χ0n) is 8.95. The molecule has 0 bridgehead atoms. The van der Waals surface area contributed by atoms with Crippen molar-refractivity contribution in [3.05, 3.63) is 12.7 Å². The van der Waals surface area contributed by atoms with Crippen molar-refractivity contribution in [3.63, 3.8) is 0 Å². The van der Waals surface area contributed by atoms with Crippen LogP contribution >= 0.6 is 11.9 Å². The van der Waals surface area contributed by atoms with Gasteiger partial charge in [0.15, 0.2) is 0 Å². The Morgan fingerprint density at radius 2 is 2.14 bits per heavy atom. The molecule has 0 aromatic heterocycles. The van der Waals surface area contributed by atoms with E-state index in [0.29, 0.717) is 11.2 Å². The molecule has 0 aliphatic heterocycles. The Balaban J connectivity index is 0.000000461. The standard InChI is InChI=1S/C9H13NOS.C2H6/c1-2-6-5-8(6)9(11)10-12-7-3-4-7;1-2/h2,6-8H,1,3-5H2,(H,10,11);1-2H3. The predicted molar refractivity (Wildman–Crippen MR) is 61.9 cm³/mol. The van der Waals surface area contributed by atoms with Crippen LogP contribution in [0, 0.1) is 11.8 Å². The topological polar surface area (TPSA) is 29.1 Å². The van der Waals surface area contributed by atoms with Gasteiger partial charge in [0.1, 0.15) is 0 Å². The fraction of sp³-hybridized carbons (Fsp3) is 0.727. The van der Waals surface area contributed by atoms with Gasteiger partial charge in [-0.3, -0.25) is 9.52 Å². The molecule has 14 heavy (non-hydrogen) atoms. The summed E-state index contributed by atoms with van der Waals surface area (Å²) in [6.45, 7) is 7.68. The third-order valence-corrected chi connectivity index (χ3v) is 3.45. The highest BCUT2D eigenvalue weighted by Crippen LogP contribution is 2.40. The average Bonchev–Trinajstić information content (AvgIpc) is 3.10. The van der Waals surface area contributed by atoms with Crippen LogP contribution < -0.4 is 4.72 Å². The van der Waals surface area contributed by atoms with E-state index in [1.54, 1.807) is 11.9 Å². The van der Waals surface area contributed by atoms with Crippen LogP contribution in [0.5, 0.6) is 0 Å². The van der Waals surface area contributed by atoms with Crippen LogP contribution in [-0.4, -0.2) is 11.2 Å². The first kappa shape index (κ1) is 11.6. The molecule has 0 spiro atoms. The van der Waals surface area contributed by atoms with Crippen molar-refractivity contribution in [1.82, 2.24) is 4.72 Å². The maximum atomic E-state index is 11.3.